The number of hydrogen-bond donors (Lipinski definition) is 1. The first kappa shape index (κ1) is 20.6. The van der Waals surface area contributed by atoms with Crippen molar-refractivity contribution in [1.29, 1.82) is 0 Å². The van der Waals surface area contributed by atoms with Crippen molar-refractivity contribution in [3.05, 3.63) is 40.8 Å². The highest BCUT2D eigenvalue weighted by Gasteiger charge is 2.15. The Hall–Kier alpha value is -2.70. The van der Waals surface area contributed by atoms with Gasteiger partial charge in [0.05, 0.1) is 25.5 Å². The van der Waals surface area contributed by atoms with Gasteiger partial charge < -0.3 is 24.2 Å². The van der Waals surface area contributed by atoms with Gasteiger partial charge in [-0.25, -0.2) is 4.79 Å². The molecule has 0 spiro atoms. The number of amides is 2. The maximum absolute atomic E-state index is 12.3. The molecule has 7 heteroatoms. The van der Waals surface area contributed by atoms with Gasteiger partial charge in [0, 0.05) is 19.2 Å². The Kier molecular flexibility index (Phi) is 7.52. The maximum atomic E-state index is 12.3. The van der Waals surface area contributed by atoms with Gasteiger partial charge >= 0.3 is 6.03 Å². The van der Waals surface area contributed by atoms with Crippen LogP contribution in [0.15, 0.2) is 22.7 Å². The van der Waals surface area contributed by atoms with E-state index in [1.54, 1.807) is 11.9 Å². The molecule has 0 aliphatic heterocycles. The summed E-state index contributed by atoms with van der Waals surface area (Å²) in [6, 6.07) is 5.74. The van der Waals surface area contributed by atoms with E-state index in [0.29, 0.717) is 32.7 Å². The summed E-state index contributed by atoms with van der Waals surface area (Å²) in [4.78, 5) is 13.9. The third-order valence-corrected chi connectivity index (χ3v) is 4.22. The van der Waals surface area contributed by atoms with Gasteiger partial charge in [0.25, 0.3) is 0 Å². The first-order valence-electron chi connectivity index (χ1n) is 9.25. The molecule has 0 saturated heterocycles. The van der Waals surface area contributed by atoms with Crippen LogP contribution in [-0.4, -0.2) is 42.9 Å². The van der Waals surface area contributed by atoms with E-state index in [-0.39, 0.29) is 6.03 Å². The van der Waals surface area contributed by atoms with Crippen LogP contribution in [0.1, 0.15) is 36.4 Å². The molecular weight excluding hydrogens is 346 g/mol. The fourth-order valence-electron chi connectivity index (χ4n) is 2.74. The molecule has 0 fully saturated rings. The summed E-state index contributed by atoms with van der Waals surface area (Å²) in [5, 5.41) is 6.86. The minimum Gasteiger partial charge on any atom is -0.490 e. The topological polar surface area (TPSA) is 76.8 Å². The van der Waals surface area contributed by atoms with Gasteiger partial charge in [0.2, 0.25) is 0 Å². The zero-order valence-corrected chi connectivity index (χ0v) is 16.8. The SMILES string of the molecule is CCOc1ccc(CCNC(=O)N(C)Cc2c(C)noc2C)cc1OCC. The van der Waals surface area contributed by atoms with Gasteiger partial charge in [-0.1, -0.05) is 11.2 Å². The van der Waals surface area contributed by atoms with Crippen molar-refractivity contribution >= 4 is 6.03 Å². The molecule has 0 aliphatic rings. The van der Waals surface area contributed by atoms with Gasteiger partial charge in [0.1, 0.15) is 5.76 Å². The fraction of sp³-hybridized carbons (Fsp3) is 0.500. The molecule has 2 rings (SSSR count). The minimum atomic E-state index is -0.133. The van der Waals surface area contributed by atoms with Crippen molar-refractivity contribution in [1.82, 2.24) is 15.4 Å². The van der Waals surface area contributed by atoms with E-state index < -0.39 is 0 Å². The molecular formula is C20H29N3O4. The molecule has 0 unspecified atom stereocenters. The summed E-state index contributed by atoms with van der Waals surface area (Å²) in [5.41, 5.74) is 2.83. The third kappa shape index (κ3) is 5.64. The van der Waals surface area contributed by atoms with Crippen LogP contribution < -0.4 is 14.8 Å². The summed E-state index contributed by atoms with van der Waals surface area (Å²) >= 11 is 0. The van der Waals surface area contributed by atoms with E-state index in [4.69, 9.17) is 14.0 Å². The van der Waals surface area contributed by atoms with Gasteiger partial charge in [-0.3, -0.25) is 0 Å². The molecule has 0 aliphatic carbocycles. The number of aromatic nitrogens is 1. The predicted octanol–water partition coefficient (Wildman–Crippen LogP) is 3.47. The lowest BCUT2D eigenvalue weighted by Gasteiger charge is -2.18. The fourth-order valence-corrected chi connectivity index (χ4v) is 2.74. The van der Waals surface area contributed by atoms with Crippen molar-refractivity contribution in [3.63, 3.8) is 0 Å². The lowest BCUT2D eigenvalue weighted by molar-refractivity contribution is 0.207. The van der Waals surface area contributed by atoms with Crippen LogP contribution in [0, 0.1) is 13.8 Å². The van der Waals surface area contributed by atoms with Crippen LogP contribution in [0.2, 0.25) is 0 Å². The minimum absolute atomic E-state index is 0.133. The number of rotatable bonds is 9. The number of urea groups is 1. The van der Waals surface area contributed by atoms with E-state index in [2.05, 4.69) is 10.5 Å². The molecule has 27 heavy (non-hydrogen) atoms. The Morgan fingerprint density at radius 1 is 1.19 bits per heavy atom. The first-order valence-corrected chi connectivity index (χ1v) is 9.25. The van der Waals surface area contributed by atoms with Crippen molar-refractivity contribution in [2.24, 2.45) is 0 Å². The Morgan fingerprint density at radius 2 is 1.89 bits per heavy atom. The van der Waals surface area contributed by atoms with Crippen LogP contribution in [0.4, 0.5) is 4.79 Å². The predicted molar refractivity (Wildman–Crippen MR) is 103 cm³/mol. The molecule has 1 aromatic carbocycles. The first-order chi connectivity index (χ1) is 13.0. The van der Waals surface area contributed by atoms with Crippen LogP contribution in [-0.2, 0) is 13.0 Å². The number of nitrogens with one attached hydrogen (secondary N) is 1. The number of carbonyl (C=O) groups excluding carboxylic acids is 1. The largest absolute Gasteiger partial charge is 0.490 e. The monoisotopic (exact) mass is 375 g/mol. The molecule has 2 aromatic rings. The van der Waals surface area contributed by atoms with E-state index in [1.165, 1.54) is 0 Å². The summed E-state index contributed by atoms with van der Waals surface area (Å²) in [6.45, 7) is 9.77. The van der Waals surface area contributed by atoms with Gasteiger partial charge in [-0.15, -0.1) is 0 Å². The summed E-state index contributed by atoms with van der Waals surface area (Å²) < 4.78 is 16.4. The molecule has 7 nitrogen and oxygen atoms in total. The van der Waals surface area contributed by atoms with Crippen molar-refractivity contribution < 1.29 is 18.8 Å². The number of nitrogens with zero attached hydrogens (tertiary/aromatic N) is 2. The quantitative estimate of drug-likeness (QED) is 0.726. The molecule has 0 saturated carbocycles. The third-order valence-electron chi connectivity index (χ3n) is 4.22. The Labute approximate surface area is 160 Å². The molecule has 1 heterocycles. The van der Waals surface area contributed by atoms with Gasteiger partial charge in [-0.2, -0.15) is 0 Å². The molecule has 1 N–H and O–H groups in total. The van der Waals surface area contributed by atoms with E-state index in [9.17, 15) is 4.79 Å². The zero-order chi connectivity index (χ0) is 19.8. The van der Waals surface area contributed by atoms with Crippen molar-refractivity contribution in [2.45, 2.75) is 40.7 Å². The smallest absolute Gasteiger partial charge is 0.317 e. The molecule has 2 amide bonds. The summed E-state index contributed by atoms with van der Waals surface area (Å²) in [5.74, 6) is 2.22. The zero-order valence-electron chi connectivity index (χ0n) is 16.8. The highest BCUT2D eigenvalue weighted by molar-refractivity contribution is 5.73. The number of hydrogen-bond acceptors (Lipinski definition) is 5. The highest BCUT2D eigenvalue weighted by Crippen LogP contribution is 2.28. The van der Waals surface area contributed by atoms with Crippen molar-refractivity contribution in [3.8, 4) is 11.5 Å². The van der Waals surface area contributed by atoms with Crippen LogP contribution in [0.25, 0.3) is 0 Å². The Bertz CT molecular complexity index is 738. The Morgan fingerprint density at radius 3 is 2.52 bits per heavy atom. The second-order valence-corrected chi connectivity index (χ2v) is 6.29. The second-order valence-electron chi connectivity index (χ2n) is 6.29. The number of ether oxygens (including phenoxy) is 2. The lowest BCUT2D eigenvalue weighted by Crippen LogP contribution is -2.38. The number of benzene rings is 1. The van der Waals surface area contributed by atoms with Crippen LogP contribution in [0.5, 0.6) is 11.5 Å². The van der Waals surface area contributed by atoms with E-state index in [0.717, 1.165) is 34.1 Å². The standard InChI is InChI=1S/C20H29N3O4/c1-6-25-18-9-8-16(12-19(18)26-7-2)10-11-21-20(24)23(5)13-17-14(3)22-27-15(17)4/h8-9,12H,6-7,10-11,13H2,1-5H3,(H,21,24). The van der Waals surface area contributed by atoms with E-state index >= 15 is 0 Å². The molecule has 0 bridgehead atoms. The van der Waals surface area contributed by atoms with Crippen LogP contribution in [0.3, 0.4) is 0 Å². The maximum Gasteiger partial charge on any atom is 0.317 e. The molecule has 148 valence electrons. The number of carbonyl (C=O) groups is 1. The average molecular weight is 375 g/mol. The van der Waals surface area contributed by atoms with Gasteiger partial charge in [0.15, 0.2) is 11.5 Å². The average Bonchev–Trinajstić information content (AvgIpc) is 2.96. The lowest BCUT2D eigenvalue weighted by atomic mass is 10.1. The summed E-state index contributed by atoms with van der Waals surface area (Å²) in [7, 11) is 1.76. The molecule has 1 aromatic heterocycles. The van der Waals surface area contributed by atoms with Gasteiger partial charge in [-0.05, 0) is 51.8 Å². The van der Waals surface area contributed by atoms with Crippen molar-refractivity contribution in [2.75, 3.05) is 26.8 Å². The normalized spacial score (nSPS) is 10.6. The van der Waals surface area contributed by atoms with Crippen LogP contribution >= 0.6 is 0 Å². The van der Waals surface area contributed by atoms with E-state index in [1.807, 2.05) is 45.9 Å². The highest BCUT2D eigenvalue weighted by atomic mass is 16.5. The molecule has 0 radical (unpaired) electrons. The summed E-state index contributed by atoms with van der Waals surface area (Å²) in [6.07, 6.45) is 0.706. The number of aryl methyl sites for hydroxylation is 2. The molecule has 0 atom stereocenters. The second kappa shape index (κ2) is 9.85. The Balaban J connectivity index is 1.87.